The van der Waals surface area contributed by atoms with E-state index in [2.05, 4.69) is 15.0 Å². The monoisotopic (exact) mass is 287 g/mol. The molecule has 0 saturated carbocycles. The lowest BCUT2D eigenvalue weighted by Crippen LogP contribution is -2.22. The fourth-order valence-corrected chi connectivity index (χ4v) is 1.62. The lowest BCUT2D eigenvalue weighted by molar-refractivity contribution is -0.0884. The van der Waals surface area contributed by atoms with Crippen LogP contribution in [0, 0.1) is 5.92 Å². The Labute approximate surface area is 112 Å². The number of carbonyl (C=O) groups excluding carboxylic acids is 1. The molecule has 0 fully saturated rings. The number of aromatic amines is 1. The number of rotatable bonds is 4. The summed E-state index contributed by atoms with van der Waals surface area (Å²) in [6.45, 7) is 4.05. The van der Waals surface area contributed by atoms with Gasteiger partial charge in [0.25, 0.3) is 5.78 Å². The van der Waals surface area contributed by atoms with Gasteiger partial charge in [-0.2, -0.15) is 13.2 Å². The number of ether oxygens (including phenoxy) is 1. The first-order chi connectivity index (χ1) is 9.30. The van der Waals surface area contributed by atoms with Gasteiger partial charge in [-0.15, -0.1) is 0 Å². The molecule has 0 bridgehead atoms. The van der Waals surface area contributed by atoms with Gasteiger partial charge in [-0.05, 0) is 5.92 Å². The van der Waals surface area contributed by atoms with Crippen LogP contribution in [0.5, 0.6) is 5.88 Å². The number of alkyl halides is 3. The molecule has 0 aliphatic heterocycles. The molecule has 20 heavy (non-hydrogen) atoms. The minimum atomic E-state index is -4.96. The fourth-order valence-electron chi connectivity index (χ4n) is 1.62. The van der Waals surface area contributed by atoms with Gasteiger partial charge >= 0.3 is 6.18 Å². The number of hydrogen-bond donors (Lipinski definition) is 1. The summed E-state index contributed by atoms with van der Waals surface area (Å²) in [4.78, 5) is 21.5. The van der Waals surface area contributed by atoms with Crippen LogP contribution in [0.15, 0.2) is 12.5 Å². The molecule has 0 saturated heterocycles. The first-order valence-corrected chi connectivity index (χ1v) is 5.87. The molecule has 0 aliphatic carbocycles. The molecule has 108 valence electrons. The molecule has 0 aromatic carbocycles. The summed E-state index contributed by atoms with van der Waals surface area (Å²) in [6.07, 6.45) is -2.83. The van der Waals surface area contributed by atoms with Crippen molar-refractivity contribution in [1.82, 2.24) is 15.0 Å². The highest BCUT2D eigenvalue weighted by molar-refractivity contribution is 6.11. The van der Waals surface area contributed by atoms with Crippen molar-refractivity contribution in [2.24, 2.45) is 5.92 Å². The van der Waals surface area contributed by atoms with Crippen LogP contribution in [0.4, 0.5) is 13.2 Å². The maximum atomic E-state index is 12.5. The number of Topliss-reactive ketones (excluding diaryl/α,β-unsaturated/α-hetero) is 1. The lowest BCUT2D eigenvalue weighted by Gasteiger charge is -2.09. The number of H-pyrrole nitrogens is 1. The van der Waals surface area contributed by atoms with Gasteiger partial charge < -0.3 is 9.72 Å². The maximum absolute atomic E-state index is 12.5. The summed E-state index contributed by atoms with van der Waals surface area (Å²) in [7, 11) is 0. The van der Waals surface area contributed by atoms with Crippen molar-refractivity contribution in [3.8, 4) is 5.88 Å². The molecule has 0 radical (unpaired) electrons. The molecule has 1 N–H and O–H groups in total. The van der Waals surface area contributed by atoms with Crippen LogP contribution < -0.4 is 4.74 Å². The number of hydrogen-bond acceptors (Lipinski definition) is 4. The number of halogens is 3. The zero-order valence-corrected chi connectivity index (χ0v) is 10.8. The maximum Gasteiger partial charge on any atom is 0.454 e. The van der Waals surface area contributed by atoms with Crippen LogP contribution in [0.1, 0.15) is 24.2 Å². The summed E-state index contributed by atoms with van der Waals surface area (Å²) in [6, 6.07) is 0. The number of aromatic nitrogens is 3. The molecular weight excluding hydrogens is 275 g/mol. The third kappa shape index (κ3) is 2.73. The molecule has 5 nitrogen and oxygen atoms in total. The predicted octanol–water partition coefficient (Wildman–Crippen LogP) is 2.74. The number of ketones is 1. The molecule has 0 amide bonds. The summed E-state index contributed by atoms with van der Waals surface area (Å²) in [5.74, 6) is -1.81. The van der Waals surface area contributed by atoms with Crippen LogP contribution in [0.25, 0.3) is 11.0 Å². The van der Waals surface area contributed by atoms with Gasteiger partial charge in [-0.3, -0.25) is 4.79 Å². The van der Waals surface area contributed by atoms with Crippen LogP contribution in [-0.2, 0) is 0 Å². The Bertz CT molecular complexity index is 634. The fraction of sp³-hybridized carbons (Fsp3) is 0.417. The molecule has 2 heterocycles. The van der Waals surface area contributed by atoms with Crippen LogP contribution in [-0.4, -0.2) is 33.5 Å². The molecular formula is C12H12F3N3O2. The van der Waals surface area contributed by atoms with Crippen molar-refractivity contribution >= 4 is 16.8 Å². The average molecular weight is 287 g/mol. The first kappa shape index (κ1) is 14.3. The van der Waals surface area contributed by atoms with E-state index < -0.39 is 17.5 Å². The largest absolute Gasteiger partial charge is 0.477 e. The highest BCUT2D eigenvalue weighted by atomic mass is 19.4. The molecule has 0 spiro atoms. The minimum Gasteiger partial charge on any atom is -0.477 e. The van der Waals surface area contributed by atoms with Gasteiger partial charge in [0.1, 0.15) is 12.0 Å². The standard InChI is InChI=1S/C12H12F3N3O2/c1-6(2)4-20-11-8-7(9(19)12(13,14)15)3-16-10(8)17-5-18-11/h3,5-6H,4H2,1-2H3,(H,16,17,18). The Morgan fingerprint density at radius 3 is 2.70 bits per heavy atom. The highest BCUT2D eigenvalue weighted by Gasteiger charge is 2.41. The minimum absolute atomic E-state index is 0.0300. The number of nitrogens with zero attached hydrogens (tertiary/aromatic N) is 2. The average Bonchev–Trinajstić information content (AvgIpc) is 2.78. The van der Waals surface area contributed by atoms with E-state index in [1.807, 2.05) is 13.8 Å². The van der Waals surface area contributed by atoms with E-state index >= 15 is 0 Å². The Kier molecular flexibility index (Phi) is 3.65. The topological polar surface area (TPSA) is 67.9 Å². The van der Waals surface area contributed by atoms with Crippen LogP contribution in [0.3, 0.4) is 0 Å². The van der Waals surface area contributed by atoms with E-state index in [-0.39, 0.29) is 29.4 Å². The SMILES string of the molecule is CC(C)COc1ncnc2[nH]cc(C(=O)C(F)(F)F)c12. The van der Waals surface area contributed by atoms with Crippen LogP contribution in [0.2, 0.25) is 0 Å². The molecule has 2 rings (SSSR count). The third-order valence-electron chi connectivity index (χ3n) is 2.49. The second-order valence-corrected chi connectivity index (χ2v) is 4.64. The predicted molar refractivity (Wildman–Crippen MR) is 64.6 cm³/mol. The van der Waals surface area contributed by atoms with Gasteiger partial charge in [-0.1, -0.05) is 13.8 Å². The van der Waals surface area contributed by atoms with Crippen molar-refractivity contribution in [3.05, 3.63) is 18.1 Å². The molecule has 0 aliphatic rings. The third-order valence-corrected chi connectivity index (χ3v) is 2.49. The molecule has 2 aromatic heterocycles. The van der Waals surface area contributed by atoms with E-state index in [1.54, 1.807) is 0 Å². The molecule has 2 aromatic rings. The van der Waals surface area contributed by atoms with Crippen molar-refractivity contribution in [3.63, 3.8) is 0 Å². The zero-order chi connectivity index (χ0) is 14.9. The molecule has 8 heteroatoms. The second kappa shape index (κ2) is 5.10. The van der Waals surface area contributed by atoms with Crippen LogP contribution >= 0.6 is 0 Å². The Hall–Kier alpha value is -2.12. The van der Waals surface area contributed by atoms with Gasteiger partial charge in [0.15, 0.2) is 0 Å². The van der Waals surface area contributed by atoms with Gasteiger partial charge in [0.05, 0.1) is 17.6 Å². The quantitative estimate of drug-likeness (QED) is 0.878. The van der Waals surface area contributed by atoms with Gasteiger partial charge in [0, 0.05) is 6.20 Å². The summed E-state index contributed by atoms with van der Waals surface area (Å²) >= 11 is 0. The first-order valence-electron chi connectivity index (χ1n) is 5.87. The van der Waals surface area contributed by atoms with E-state index in [1.165, 1.54) is 0 Å². The highest BCUT2D eigenvalue weighted by Crippen LogP contribution is 2.30. The van der Waals surface area contributed by atoms with E-state index in [4.69, 9.17) is 4.74 Å². The summed E-state index contributed by atoms with van der Waals surface area (Å²) in [5.41, 5.74) is -0.404. The van der Waals surface area contributed by atoms with Crippen molar-refractivity contribution in [2.45, 2.75) is 20.0 Å². The van der Waals surface area contributed by atoms with Crippen molar-refractivity contribution in [2.75, 3.05) is 6.61 Å². The van der Waals surface area contributed by atoms with Gasteiger partial charge in [-0.25, -0.2) is 9.97 Å². The summed E-state index contributed by atoms with van der Waals surface area (Å²) < 4.78 is 43.0. The van der Waals surface area contributed by atoms with E-state index in [9.17, 15) is 18.0 Å². The smallest absolute Gasteiger partial charge is 0.454 e. The van der Waals surface area contributed by atoms with Crippen molar-refractivity contribution in [1.29, 1.82) is 0 Å². The number of carbonyl (C=O) groups is 1. The molecule has 0 atom stereocenters. The number of fused-ring (bicyclic) bond motifs is 1. The zero-order valence-electron chi connectivity index (χ0n) is 10.8. The van der Waals surface area contributed by atoms with E-state index in [0.29, 0.717) is 0 Å². The Balaban J connectivity index is 2.49. The normalized spacial score (nSPS) is 12.1. The van der Waals surface area contributed by atoms with Gasteiger partial charge in [0.2, 0.25) is 5.88 Å². The summed E-state index contributed by atoms with van der Waals surface area (Å²) in [5, 5.41) is -0.0459. The number of nitrogens with one attached hydrogen (secondary N) is 1. The van der Waals surface area contributed by atoms with Crippen molar-refractivity contribution < 1.29 is 22.7 Å². The molecule has 0 unspecified atom stereocenters. The Morgan fingerprint density at radius 1 is 1.40 bits per heavy atom. The lowest BCUT2D eigenvalue weighted by atomic mass is 10.1. The van der Waals surface area contributed by atoms with E-state index in [0.717, 1.165) is 12.5 Å². The Morgan fingerprint density at radius 2 is 2.10 bits per heavy atom. The second-order valence-electron chi connectivity index (χ2n) is 4.64.